The van der Waals surface area contributed by atoms with E-state index in [-0.39, 0.29) is 12.4 Å². The first-order valence-corrected chi connectivity index (χ1v) is 10.7. The number of rotatable bonds is 9. The van der Waals surface area contributed by atoms with E-state index >= 15 is 0 Å². The van der Waals surface area contributed by atoms with Crippen molar-refractivity contribution in [1.29, 1.82) is 0 Å². The van der Waals surface area contributed by atoms with Crippen molar-refractivity contribution >= 4 is 11.8 Å². The molecule has 1 aromatic rings. The van der Waals surface area contributed by atoms with Crippen LogP contribution in [0.2, 0.25) is 0 Å². The molecule has 0 spiro atoms. The number of benzene rings is 1. The Morgan fingerprint density at radius 2 is 1.94 bits per heavy atom. The molecule has 0 aromatic heterocycles. The summed E-state index contributed by atoms with van der Waals surface area (Å²) in [5.74, 6) is 0.213. The summed E-state index contributed by atoms with van der Waals surface area (Å²) < 4.78 is 21.9. The van der Waals surface area contributed by atoms with Gasteiger partial charge in [-0.15, -0.1) is 0 Å². The standard InChI is InChI=1S/C24H31NO6/c1-5-11-30-12-13-31-24(27)21-15(2)25-18-7-6-8-19(26)23(18)22(21)17-10-9-16(28-3)14-20(17)29-4/h9-10,14,22,25H,5-8,11-13H2,1-4H3. The summed E-state index contributed by atoms with van der Waals surface area (Å²) in [4.78, 5) is 26.1. The molecular formula is C24H31NO6. The van der Waals surface area contributed by atoms with Crippen LogP contribution >= 0.6 is 0 Å². The lowest BCUT2D eigenvalue weighted by molar-refractivity contribution is -0.141. The summed E-state index contributed by atoms with van der Waals surface area (Å²) >= 11 is 0. The molecule has 0 radical (unpaired) electrons. The minimum atomic E-state index is -0.561. The number of dihydropyridines is 1. The minimum Gasteiger partial charge on any atom is -0.497 e. The van der Waals surface area contributed by atoms with Crippen LogP contribution in [0, 0.1) is 0 Å². The number of allylic oxidation sites excluding steroid dienone is 3. The molecule has 1 aliphatic heterocycles. The van der Waals surface area contributed by atoms with E-state index in [0.717, 1.165) is 30.5 Å². The zero-order valence-corrected chi connectivity index (χ0v) is 18.7. The average Bonchev–Trinajstić information content (AvgIpc) is 2.77. The molecule has 0 fully saturated rings. The SMILES string of the molecule is CCCOCCOC(=O)C1=C(C)NC2=C(C(=O)CCC2)C1c1ccc(OC)cc1OC. The van der Waals surface area contributed by atoms with Gasteiger partial charge in [-0.1, -0.05) is 13.0 Å². The predicted octanol–water partition coefficient (Wildman–Crippen LogP) is 3.64. The number of esters is 1. The van der Waals surface area contributed by atoms with E-state index in [2.05, 4.69) is 5.32 Å². The van der Waals surface area contributed by atoms with Crippen LogP contribution < -0.4 is 14.8 Å². The van der Waals surface area contributed by atoms with Crippen LogP contribution in [0.1, 0.15) is 51.0 Å². The van der Waals surface area contributed by atoms with Crippen LogP contribution in [0.5, 0.6) is 11.5 Å². The Morgan fingerprint density at radius 3 is 2.65 bits per heavy atom. The zero-order chi connectivity index (χ0) is 22.4. The highest BCUT2D eigenvalue weighted by atomic mass is 16.6. The summed E-state index contributed by atoms with van der Waals surface area (Å²) in [6, 6.07) is 5.43. The number of ether oxygens (including phenoxy) is 4. The van der Waals surface area contributed by atoms with E-state index in [1.54, 1.807) is 20.3 Å². The number of nitrogens with one attached hydrogen (secondary N) is 1. The maximum absolute atomic E-state index is 13.2. The molecule has 1 heterocycles. The van der Waals surface area contributed by atoms with E-state index in [0.29, 0.717) is 48.0 Å². The number of methoxy groups -OCH3 is 2. The van der Waals surface area contributed by atoms with Gasteiger partial charge in [0.25, 0.3) is 0 Å². The van der Waals surface area contributed by atoms with Crippen molar-refractivity contribution in [3.8, 4) is 11.5 Å². The molecule has 168 valence electrons. The number of ketones is 1. The van der Waals surface area contributed by atoms with Crippen molar-refractivity contribution < 1.29 is 28.5 Å². The first-order valence-electron chi connectivity index (χ1n) is 10.7. The van der Waals surface area contributed by atoms with Gasteiger partial charge in [-0.2, -0.15) is 0 Å². The van der Waals surface area contributed by atoms with Crippen LogP contribution in [0.25, 0.3) is 0 Å². The smallest absolute Gasteiger partial charge is 0.336 e. The van der Waals surface area contributed by atoms with Gasteiger partial charge in [0.2, 0.25) is 0 Å². The normalized spacial score (nSPS) is 18.5. The first-order chi connectivity index (χ1) is 15.0. The number of hydrogen-bond acceptors (Lipinski definition) is 7. The zero-order valence-electron chi connectivity index (χ0n) is 18.7. The molecule has 7 nitrogen and oxygen atoms in total. The Hall–Kier alpha value is -2.80. The molecule has 0 saturated carbocycles. The Balaban J connectivity index is 2.00. The fourth-order valence-corrected chi connectivity index (χ4v) is 4.14. The lowest BCUT2D eigenvalue weighted by Crippen LogP contribution is -2.34. The highest BCUT2D eigenvalue weighted by molar-refractivity contribution is 6.04. The predicted molar refractivity (Wildman–Crippen MR) is 116 cm³/mol. The van der Waals surface area contributed by atoms with Gasteiger partial charge in [0.1, 0.15) is 18.1 Å². The van der Waals surface area contributed by atoms with Gasteiger partial charge in [-0.05, 0) is 32.3 Å². The molecule has 1 aromatic carbocycles. The van der Waals surface area contributed by atoms with Gasteiger partial charge >= 0.3 is 5.97 Å². The molecule has 0 amide bonds. The van der Waals surface area contributed by atoms with E-state index in [9.17, 15) is 9.59 Å². The lowest BCUT2D eigenvalue weighted by Gasteiger charge is -2.34. The summed E-state index contributed by atoms with van der Waals surface area (Å²) in [5, 5.41) is 3.29. The maximum atomic E-state index is 13.2. The Labute approximate surface area is 183 Å². The van der Waals surface area contributed by atoms with Crippen LogP contribution in [0.3, 0.4) is 0 Å². The molecule has 1 aliphatic carbocycles. The number of carbonyl (C=O) groups excluding carboxylic acids is 2. The van der Waals surface area contributed by atoms with Gasteiger partial charge in [0.05, 0.1) is 32.3 Å². The molecule has 3 rings (SSSR count). The number of carbonyl (C=O) groups is 2. The quantitative estimate of drug-likeness (QED) is 0.474. The van der Waals surface area contributed by atoms with Crippen molar-refractivity contribution in [2.45, 2.75) is 45.4 Å². The fourth-order valence-electron chi connectivity index (χ4n) is 4.14. The molecule has 2 aliphatic rings. The Kier molecular flexibility index (Phi) is 7.74. The second-order valence-corrected chi connectivity index (χ2v) is 7.62. The van der Waals surface area contributed by atoms with Gasteiger partial charge in [-0.25, -0.2) is 4.79 Å². The topological polar surface area (TPSA) is 83.1 Å². The van der Waals surface area contributed by atoms with Crippen molar-refractivity contribution in [3.63, 3.8) is 0 Å². The summed E-state index contributed by atoms with van der Waals surface area (Å²) in [7, 11) is 3.15. The van der Waals surface area contributed by atoms with Crippen molar-refractivity contribution in [2.24, 2.45) is 0 Å². The third kappa shape index (κ3) is 4.93. The third-order valence-corrected chi connectivity index (χ3v) is 5.56. The number of Topliss-reactive ketones (excluding diaryl/α,β-unsaturated/α-hetero) is 1. The van der Waals surface area contributed by atoms with Crippen LogP contribution in [-0.4, -0.2) is 45.8 Å². The van der Waals surface area contributed by atoms with E-state index in [1.165, 1.54) is 0 Å². The second kappa shape index (κ2) is 10.5. The maximum Gasteiger partial charge on any atom is 0.336 e. The van der Waals surface area contributed by atoms with Crippen molar-refractivity contribution in [3.05, 3.63) is 46.3 Å². The van der Waals surface area contributed by atoms with Gasteiger partial charge in [0.15, 0.2) is 5.78 Å². The second-order valence-electron chi connectivity index (χ2n) is 7.62. The molecule has 1 atom stereocenters. The Morgan fingerprint density at radius 1 is 1.13 bits per heavy atom. The molecule has 0 bridgehead atoms. The fraction of sp³-hybridized carbons (Fsp3) is 0.500. The van der Waals surface area contributed by atoms with Crippen molar-refractivity contribution in [1.82, 2.24) is 5.32 Å². The van der Waals surface area contributed by atoms with E-state index in [4.69, 9.17) is 18.9 Å². The molecule has 1 unspecified atom stereocenters. The number of hydrogen-bond donors (Lipinski definition) is 1. The minimum absolute atomic E-state index is 0.0423. The molecule has 0 saturated heterocycles. The first kappa shape index (κ1) is 22.9. The van der Waals surface area contributed by atoms with Crippen LogP contribution in [0.4, 0.5) is 0 Å². The molecule has 7 heteroatoms. The summed E-state index contributed by atoms with van der Waals surface area (Å²) in [6.07, 6.45) is 2.92. The van der Waals surface area contributed by atoms with Gasteiger partial charge in [-0.3, -0.25) is 4.79 Å². The third-order valence-electron chi connectivity index (χ3n) is 5.56. The van der Waals surface area contributed by atoms with Gasteiger partial charge in [0, 0.05) is 41.6 Å². The largest absolute Gasteiger partial charge is 0.497 e. The monoisotopic (exact) mass is 429 g/mol. The summed E-state index contributed by atoms with van der Waals surface area (Å²) in [6.45, 7) is 4.98. The van der Waals surface area contributed by atoms with Crippen LogP contribution in [-0.2, 0) is 19.1 Å². The van der Waals surface area contributed by atoms with Crippen molar-refractivity contribution in [2.75, 3.05) is 34.0 Å². The average molecular weight is 430 g/mol. The molecule has 1 N–H and O–H groups in total. The summed E-state index contributed by atoms with van der Waals surface area (Å²) in [5.41, 5.74) is 3.35. The van der Waals surface area contributed by atoms with Crippen LogP contribution in [0.15, 0.2) is 40.7 Å². The molecule has 31 heavy (non-hydrogen) atoms. The van der Waals surface area contributed by atoms with E-state index in [1.807, 2.05) is 26.0 Å². The van der Waals surface area contributed by atoms with E-state index < -0.39 is 11.9 Å². The highest BCUT2D eigenvalue weighted by Crippen LogP contribution is 2.45. The van der Waals surface area contributed by atoms with Gasteiger partial charge < -0.3 is 24.3 Å². The Bertz CT molecular complexity index is 901. The lowest BCUT2D eigenvalue weighted by atomic mass is 9.75. The molecular weight excluding hydrogens is 398 g/mol. The highest BCUT2D eigenvalue weighted by Gasteiger charge is 2.40.